The summed E-state index contributed by atoms with van der Waals surface area (Å²) >= 11 is 1.76. The third kappa shape index (κ3) is 3.65. The van der Waals surface area contributed by atoms with E-state index in [-0.39, 0.29) is 5.92 Å². The topological polar surface area (TPSA) is 59.0 Å². The molecular weight excluding hydrogens is 338 g/mol. The highest BCUT2D eigenvalue weighted by atomic mass is 32.1. The van der Waals surface area contributed by atoms with E-state index in [4.69, 9.17) is 9.47 Å². The number of nitrogens with zero attached hydrogens (tertiary/aromatic N) is 1. The lowest BCUT2D eigenvalue weighted by atomic mass is 9.88. The largest absolute Gasteiger partial charge is 0.493 e. The number of methoxy groups -OCH3 is 2. The van der Waals surface area contributed by atoms with Gasteiger partial charge in [-0.3, -0.25) is 9.69 Å². The standard InChI is InChI=1S/C19H23NO4S/c1-12-7-8-13(25-12)9-20-10-15(16(11-20)19(21)22)14-5-4-6-17(23-2)18(14)24-3/h4-8,15-16H,9-11H2,1-3H3,(H,21,22)/t15-,16+/m1/s1. The Morgan fingerprint density at radius 3 is 2.64 bits per heavy atom. The highest BCUT2D eigenvalue weighted by Gasteiger charge is 2.40. The van der Waals surface area contributed by atoms with Gasteiger partial charge in [0.2, 0.25) is 0 Å². The molecule has 3 rings (SSSR count). The lowest BCUT2D eigenvalue weighted by Crippen LogP contribution is -2.23. The van der Waals surface area contributed by atoms with Crippen LogP contribution in [0.3, 0.4) is 0 Å². The minimum absolute atomic E-state index is 0.122. The number of ether oxygens (including phenoxy) is 2. The smallest absolute Gasteiger partial charge is 0.308 e. The fraction of sp³-hybridized carbons (Fsp3) is 0.421. The quantitative estimate of drug-likeness (QED) is 0.855. The molecule has 1 aliphatic rings. The van der Waals surface area contributed by atoms with Crippen LogP contribution in [0.1, 0.15) is 21.2 Å². The zero-order chi connectivity index (χ0) is 18.0. The van der Waals surface area contributed by atoms with E-state index in [9.17, 15) is 9.90 Å². The number of hydrogen-bond acceptors (Lipinski definition) is 5. The number of aliphatic carboxylic acids is 1. The van der Waals surface area contributed by atoms with Crippen molar-refractivity contribution >= 4 is 17.3 Å². The van der Waals surface area contributed by atoms with Gasteiger partial charge in [0.25, 0.3) is 0 Å². The summed E-state index contributed by atoms with van der Waals surface area (Å²) in [5.74, 6) is -0.0723. The fourth-order valence-electron chi connectivity index (χ4n) is 3.57. The van der Waals surface area contributed by atoms with Gasteiger partial charge in [-0.15, -0.1) is 11.3 Å². The predicted molar refractivity (Wildman–Crippen MR) is 97.7 cm³/mol. The third-order valence-corrected chi connectivity index (χ3v) is 5.71. The summed E-state index contributed by atoms with van der Waals surface area (Å²) in [7, 11) is 3.19. The Bertz CT molecular complexity index is 758. The number of hydrogen-bond donors (Lipinski definition) is 1. The first-order chi connectivity index (χ1) is 12.0. The highest BCUT2D eigenvalue weighted by Crippen LogP contribution is 2.42. The number of aryl methyl sites for hydroxylation is 1. The Morgan fingerprint density at radius 2 is 2.04 bits per heavy atom. The van der Waals surface area contributed by atoms with Gasteiger partial charge in [-0.1, -0.05) is 12.1 Å². The van der Waals surface area contributed by atoms with Crippen molar-refractivity contribution in [3.63, 3.8) is 0 Å². The SMILES string of the molecule is COc1cccc([C@H]2CN(Cc3ccc(C)s3)C[C@@H]2C(=O)O)c1OC. The Hall–Kier alpha value is -2.05. The van der Waals surface area contributed by atoms with E-state index in [0.717, 1.165) is 12.1 Å². The molecule has 0 aliphatic carbocycles. The Balaban J connectivity index is 1.88. The van der Waals surface area contributed by atoms with Crippen molar-refractivity contribution < 1.29 is 19.4 Å². The third-order valence-electron chi connectivity index (χ3n) is 4.72. The number of benzene rings is 1. The van der Waals surface area contributed by atoms with Crippen LogP contribution in [-0.2, 0) is 11.3 Å². The average molecular weight is 361 g/mol. The van der Waals surface area contributed by atoms with Crippen LogP contribution in [0.5, 0.6) is 11.5 Å². The van der Waals surface area contributed by atoms with Crippen molar-refractivity contribution in [1.82, 2.24) is 4.90 Å². The van der Waals surface area contributed by atoms with E-state index in [0.29, 0.717) is 24.6 Å². The molecule has 1 N–H and O–H groups in total. The van der Waals surface area contributed by atoms with Crippen molar-refractivity contribution in [2.75, 3.05) is 27.3 Å². The fourth-order valence-corrected chi connectivity index (χ4v) is 4.51. The maximum Gasteiger partial charge on any atom is 0.308 e. The monoisotopic (exact) mass is 361 g/mol. The zero-order valence-electron chi connectivity index (χ0n) is 14.7. The molecule has 1 aromatic carbocycles. The van der Waals surface area contributed by atoms with E-state index in [1.807, 2.05) is 18.2 Å². The van der Waals surface area contributed by atoms with Crippen LogP contribution in [0, 0.1) is 12.8 Å². The Labute approximate surface area is 151 Å². The van der Waals surface area contributed by atoms with Crippen LogP contribution in [0.25, 0.3) is 0 Å². The molecule has 1 aromatic heterocycles. The van der Waals surface area contributed by atoms with Crippen molar-refractivity contribution in [2.24, 2.45) is 5.92 Å². The molecule has 0 spiro atoms. The van der Waals surface area contributed by atoms with Crippen LogP contribution in [0.4, 0.5) is 0 Å². The summed E-state index contributed by atoms with van der Waals surface area (Å²) in [5.41, 5.74) is 0.902. The summed E-state index contributed by atoms with van der Waals surface area (Å²) < 4.78 is 10.9. The average Bonchev–Trinajstić information content (AvgIpc) is 3.20. The molecule has 5 nitrogen and oxygen atoms in total. The molecule has 1 fully saturated rings. The number of carboxylic acid groups (broad SMARTS) is 1. The van der Waals surface area contributed by atoms with Crippen LogP contribution in [0.2, 0.25) is 0 Å². The molecular formula is C19H23NO4S. The normalized spacial score (nSPS) is 20.6. The van der Waals surface area contributed by atoms with E-state index in [1.165, 1.54) is 9.75 Å². The summed E-state index contributed by atoms with van der Waals surface area (Å²) in [5, 5.41) is 9.73. The Kier molecular flexibility index (Phi) is 5.30. The molecule has 0 bridgehead atoms. The van der Waals surface area contributed by atoms with Crippen molar-refractivity contribution in [3.8, 4) is 11.5 Å². The van der Waals surface area contributed by atoms with Gasteiger partial charge in [-0.2, -0.15) is 0 Å². The second-order valence-corrected chi connectivity index (χ2v) is 7.71. The lowest BCUT2D eigenvalue weighted by Gasteiger charge is -2.20. The molecule has 0 radical (unpaired) electrons. The van der Waals surface area contributed by atoms with Crippen molar-refractivity contribution in [1.29, 1.82) is 0 Å². The number of rotatable bonds is 6. The van der Waals surface area contributed by atoms with E-state index < -0.39 is 11.9 Å². The first-order valence-electron chi connectivity index (χ1n) is 8.24. The first-order valence-corrected chi connectivity index (χ1v) is 9.06. The molecule has 1 aliphatic heterocycles. The van der Waals surface area contributed by atoms with Gasteiger partial charge in [-0.05, 0) is 25.1 Å². The molecule has 134 valence electrons. The van der Waals surface area contributed by atoms with Gasteiger partial charge in [0.1, 0.15) is 0 Å². The summed E-state index contributed by atoms with van der Waals surface area (Å²) in [6.45, 7) is 4.10. The maximum absolute atomic E-state index is 11.8. The van der Waals surface area contributed by atoms with Crippen LogP contribution in [-0.4, -0.2) is 43.3 Å². The highest BCUT2D eigenvalue weighted by molar-refractivity contribution is 7.11. The van der Waals surface area contributed by atoms with Gasteiger partial charge in [0.15, 0.2) is 11.5 Å². The number of carboxylic acids is 1. The van der Waals surface area contributed by atoms with Gasteiger partial charge < -0.3 is 14.6 Å². The van der Waals surface area contributed by atoms with Gasteiger partial charge in [0.05, 0.1) is 20.1 Å². The summed E-state index contributed by atoms with van der Waals surface area (Å²) in [6, 6.07) is 9.89. The second-order valence-electron chi connectivity index (χ2n) is 6.34. The van der Waals surface area contributed by atoms with Crippen molar-refractivity contribution in [2.45, 2.75) is 19.4 Å². The molecule has 2 aromatic rings. The molecule has 0 saturated carbocycles. The van der Waals surface area contributed by atoms with Crippen molar-refractivity contribution in [3.05, 3.63) is 45.6 Å². The van der Waals surface area contributed by atoms with E-state index in [1.54, 1.807) is 25.6 Å². The minimum Gasteiger partial charge on any atom is -0.493 e. The maximum atomic E-state index is 11.8. The molecule has 0 amide bonds. The predicted octanol–water partition coefficient (Wildman–Crippen LogP) is 3.37. The molecule has 25 heavy (non-hydrogen) atoms. The Morgan fingerprint density at radius 1 is 1.24 bits per heavy atom. The molecule has 0 unspecified atom stereocenters. The van der Waals surface area contributed by atoms with Gasteiger partial charge >= 0.3 is 5.97 Å². The number of likely N-dealkylation sites (tertiary alicyclic amines) is 1. The van der Waals surface area contributed by atoms with E-state index in [2.05, 4.69) is 24.0 Å². The lowest BCUT2D eigenvalue weighted by molar-refractivity contribution is -0.141. The molecule has 2 atom stereocenters. The first kappa shape index (κ1) is 17.8. The van der Waals surface area contributed by atoms with Crippen LogP contribution < -0.4 is 9.47 Å². The van der Waals surface area contributed by atoms with Crippen LogP contribution >= 0.6 is 11.3 Å². The molecule has 2 heterocycles. The van der Waals surface area contributed by atoms with E-state index >= 15 is 0 Å². The molecule has 1 saturated heterocycles. The van der Waals surface area contributed by atoms with Gasteiger partial charge in [-0.25, -0.2) is 0 Å². The summed E-state index contributed by atoms with van der Waals surface area (Å²) in [4.78, 5) is 16.6. The number of thiophene rings is 1. The summed E-state index contributed by atoms with van der Waals surface area (Å²) in [6.07, 6.45) is 0. The number of carbonyl (C=O) groups is 1. The van der Waals surface area contributed by atoms with Gasteiger partial charge in [0, 0.05) is 40.9 Å². The zero-order valence-corrected chi connectivity index (χ0v) is 15.5. The second kappa shape index (κ2) is 7.45. The minimum atomic E-state index is -0.764. The number of para-hydroxylation sites is 1. The molecule has 6 heteroatoms. The van der Waals surface area contributed by atoms with Crippen LogP contribution in [0.15, 0.2) is 30.3 Å².